The summed E-state index contributed by atoms with van der Waals surface area (Å²) >= 11 is 5.92. The van der Waals surface area contributed by atoms with Crippen LogP contribution < -0.4 is 10.6 Å². The van der Waals surface area contributed by atoms with Crippen molar-refractivity contribution in [3.05, 3.63) is 58.6 Å². The highest BCUT2D eigenvalue weighted by Crippen LogP contribution is 2.30. The number of nitrogen functional groups attached to an aromatic ring is 1. The lowest BCUT2D eigenvalue weighted by atomic mass is 10.1. The van der Waals surface area contributed by atoms with E-state index in [4.69, 9.17) is 17.3 Å². The molecule has 1 aliphatic heterocycles. The number of rotatable bonds is 2. The van der Waals surface area contributed by atoms with Crippen LogP contribution in [0.15, 0.2) is 42.5 Å². The average Bonchev–Trinajstić information content (AvgIpc) is 2.76. The van der Waals surface area contributed by atoms with Crippen LogP contribution in [0.5, 0.6) is 0 Å². The van der Waals surface area contributed by atoms with Gasteiger partial charge in [0.1, 0.15) is 0 Å². The second kappa shape index (κ2) is 4.54. The predicted molar refractivity (Wildman–Crippen MR) is 77.1 cm³/mol. The van der Waals surface area contributed by atoms with Gasteiger partial charge in [-0.05, 0) is 35.7 Å². The van der Waals surface area contributed by atoms with Crippen LogP contribution in [0.3, 0.4) is 0 Å². The molecule has 92 valence electrons. The minimum atomic E-state index is 0.693. The second-order valence-corrected chi connectivity index (χ2v) is 5.08. The summed E-state index contributed by atoms with van der Waals surface area (Å²) in [6.45, 7) is 1.90. The molecule has 3 rings (SSSR count). The van der Waals surface area contributed by atoms with Crippen molar-refractivity contribution in [2.24, 2.45) is 0 Å². The van der Waals surface area contributed by atoms with E-state index in [1.165, 1.54) is 11.3 Å². The van der Waals surface area contributed by atoms with Gasteiger partial charge in [0.2, 0.25) is 0 Å². The summed E-state index contributed by atoms with van der Waals surface area (Å²) in [6, 6.07) is 14.3. The fourth-order valence-electron chi connectivity index (χ4n) is 2.49. The lowest BCUT2D eigenvalue weighted by molar-refractivity contribution is 0.837. The molecule has 0 atom stereocenters. The Morgan fingerprint density at radius 2 is 2.00 bits per heavy atom. The molecule has 0 unspecified atom stereocenters. The molecule has 0 radical (unpaired) electrons. The third kappa shape index (κ3) is 2.04. The maximum absolute atomic E-state index is 6.01. The van der Waals surface area contributed by atoms with Gasteiger partial charge in [0.15, 0.2) is 0 Å². The van der Waals surface area contributed by atoms with Gasteiger partial charge in [-0.2, -0.15) is 0 Å². The van der Waals surface area contributed by atoms with E-state index in [2.05, 4.69) is 29.2 Å². The number of benzene rings is 2. The lowest BCUT2D eigenvalue weighted by Gasteiger charge is -2.20. The van der Waals surface area contributed by atoms with Crippen LogP contribution >= 0.6 is 11.6 Å². The number of nitrogens with two attached hydrogens (primary N) is 1. The summed E-state index contributed by atoms with van der Waals surface area (Å²) in [7, 11) is 0. The van der Waals surface area contributed by atoms with E-state index in [0.29, 0.717) is 5.02 Å². The van der Waals surface area contributed by atoms with Crippen LogP contribution in [0.4, 0.5) is 11.4 Å². The lowest BCUT2D eigenvalue weighted by Crippen LogP contribution is -2.20. The topological polar surface area (TPSA) is 29.3 Å². The second-order valence-electron chi connectivity index (χ2n) is 4.64. The first-order valence-corrected chi connectivity index (χ1v) is 6.48. The Hall–Kier alpha value is -1.67. The van der Waals surface area contributed by atoms with Gasteiger partial charge in [0.05, 0.1) is 0 Å². The normalized spacial score (nSPS) is 13.7. The number of anilines is 2. The summed E-state index contributed by atoms with van der Waals surface area (Å²) < 4.78 is 0. The van der Waals surface area contributed by atoms with Crippen LogP contribution in [0.2, 0.25) is 5.02 Å². The van der Waals surface area contributed by atoms with E-state index in [1.54, 1.807) is 0 Å². The molecule has 2 N–H and O–H groups in total. The zero-order valence-corrected chi connectivity index (χ0v) is 10.8. The van der Waals surface area contributed by atoms with Gasteiger partial charge < -0.3 is 10.6 Å². The minimum absolute atomic E-state index is 0.693. The zero-order valence-electron chi connectivity index (χ0n) is 10.1. The highest BCUT2D eigenvalue weighted by molar-refractivity contribution is 6.30. The summed E-state index contributed by atoms with van der Waals surface area (Å²) in [4.78, 5) is 2.37. The van der Waals surface area contributed by atoms with E-state index in [1.807, 2.05) is 18.2 Å². The Bertz CT molecular complexity index is 580. The van der Waals surface area contributed by atoms with Crippen molar-refractivity contribution in [1.29, 1.82) is 0 Å². The van der Waals surface area contributed by atoms with Gasteiger partial charge >= 0.3 is 0 Å². The molecule has 3 heteroatoms. The number of hydrogen-bond acceptors (Lipinski definition) is 2. The van der Waals surface area contributed by atoms with Crippen molar-refractivity contribution in [1.82, 2.24) is 0 Å². The third-order valence-corrected chi connectivity index (χ3v) is 3.69. The molecule has 2 aromatic rings. The van der Waals surface area contributed by atoms with Crippen molar-refractivity contribution in [2.75, 3.05) is 17.2 Å². The standard InChI is InChI=1S/C15H15ClN2/c16-13-6-5-12(14(17)9-13)10-18-8-7-11-3-1-2-4-15(11)18/h1-6,9H,7-8,10,17H2. The Balaban J connectivity index is 1.86. The van der Waals surface area contributed by atoms with Crippen LogP contribution in [0.1, 0.15) is 11.1 Å². The highest BCUT2D eigenvalue weighted by Gasteiger charge is 2.18. The molecule has 1 aliphatic rings. The fraction of sp³-hybridized carbons (Fsp3) is 0.200. The molecule has 0 aromatic heterocycles. The van der Waals surface area contributed by atoms with Crippen LogP contribution in [-0.4, -0.2) is 6.54 Å². The first-order valence-electron chi connectivity index (χ1n) is 6.11. The number of halogens is 1. The smallest absolute Gasteiger partial charge is 0.0450 e. The molecule has 0 fully saturated rings. The average molecular weight is 259 g/mol. The van der Waals surface area contributed by atoms with Gasteiger partial charge in [-0.25, -0.2) is 0 Å². The maximum Gasteiger partial charge on any atom is 0.0450 e. The Morgan fingerprint density at radius 3 is 2.83 bits per heavy atom. The first-order chi connectivity index (χ1) is 8.74. The van der Waals surface area contributed by atoms with Crippen LogP contribution in [-0.2, 0) is 13.0 Å². The quantitative estimate of drug-likeness (QED) is 0.836. The fourth-order valence-corrected chi connectivity index (χ4v) is 2.67. The molecule has 18 heavy (non-hydrogen) atoms. The van der Waals surface area contributed by atoms with E-state index in [0.717, 1.165) is 30.8 Å². The Kier molecular flexibility index (Phi) is 2.88. The maximum atomic E-state index is 6.01. The number of para-hydroxylation sites is 1. The monoisotopic (exact) mass is 258 g/mol. The van der Waals surface area contributed by atoms with Gasteiger partial charge in [-0.15, -0.1) is 0 Å². The summed E-state index contributed by atoms with van der Waals surface area (Å²) in [5, 5.41) is 0.693. The van der Waals surface area contributed by atoms with Crippen LogP contribution in [0, 0.1) is 0 Å². The summed E-state index contributed by atoms with van der Waals surface area (Å²) in [6.07, 6.45) is 1.11. The Labute approximate surface area is 112 Å². The van der Waals surface area contributed by atoms with Crippen molar-refractivity contribution < 1.29 is 0 Å². The summed E-state index contributed by atoms with van der Waals surface area (Å²) in [5.41, 5.74) is 10.7. The molecule has 0 amide bonds. The Morgan fingerprint density at radius 1 is 1.17 bits per heavy atom. The zero-order chi connectivity index (χ0) is 12.5. The highest BCUT2D eigenvalue weighted by atomic mass is 35.5. The number of fused-ring (bicyclic) bond motifs is 1. The third-order valence-electron chi connectivity index (χ3n) is 3.45. The van der Waals surface area contributed by atoms with Crippen molar-refractivity contribution >= 4 is 23.0 Å². The van der Waals surface area contributed by atoms with E-state index < -0.39 is 0 Å². The van der Waals surface area contributed by atoms with Gasteiger partial charge in [0, 0.05) is 29.5 Å². The minimum Gasteiger partial charge on any atom is -0.398 e. The van der Waals surface area contributed by atoms with Crippen molar-refractivity contribution in [2.45, 2.75) is 13.0 Å². The first kappa shape index (κ1) is 11.4. The number of nitrogens with zero attached hydrogens (tertiary/aromatic N) is 1. The summed E-state index contributed by atoms with van der Waals surface area (Å²) in [5.74, 6) is 0. The molecule has 0 aliphatic carbocycles. The molecular weight excluding hydrogens is 244 g/mol. The molecule has 1 heterocycles. The van der Waals surface area contributed by atoms with E-state index in [-0.39, 0.29) is 0 Å². The van der Waals surface area contributed by atoms with E-state index >= 15 is 0 Å². The van der Waals surface area contributed by atoms with Crippen molar-refractivity contribution in [3.63, 3.8) is 0 Å². The van der Waals surface area contributed by atoms with E-state index in [9.17, 15) is 0 Å². The van der Waals surface area contributed by atoms with Gasteiger partial charge in [-0.1, -0.05) is 35.9 Å². The molecule has 2 nitrogen and oxygen atoms in total. The van der Waals surface area contributed by atoms with Gasteiger partial charge in [-0.3, -0.25) is 0 Å². The molecular formula is C15H15ClN2. The van der Waals surface area contributed by atoms with Crippen LogP contribution in [0.25, 0.3) is 0 Å². The van der Waals surface area contributed by atoms with Gasteiger partial charge in [0.25, 0.3) is 0 Å². The molecule has 0 saturated carbocycles. The molecule has 0 spiro atoms. The van der Waals surface area contributed by atoms with Crippen molar-refractivity contribution in [3.8, 4) is 0 Å². The SMILES string of the molecule is Nc1cc(Cl)ccc1CN1CCc2ccccc21. The number of hydrogen-bond donors (Lipinski definition) is 1. The molecule has 0 saturated heterocycles. The largest absolute Gasteiger partial charge is 0.398 e. The molecule has 2 aromatic carbocycles. The predicted octanol–water partition coefficient (Wildman–Crippen LogP) is 3.48. The molecule has 0 bridgehead atoms.